The maximum Gasteiger partial charge on any atom is 0.341 e. The SMILES string of the molecule is CCCCCCCCn1c(C)c([C@]2(c3ccc(N(CC)CC)cc3OCC)OC(=O)c3cccnc32)c2ccccc21. The van der Waals surface area contributed by atoms with Crippen molar-refractivity contribution in [3.8, 4) is 5.75 Å². The Bertz CT molecular complexity index is 1540. The third-order valence-corrected chi connectivity index (χ3v) is 8.70. The molecule has 0 bridgehead atoms. The minimum absolute atomic E-state index is 0.361. The second kappa shape index (κ2) is 13.0. The molecule has 0 aliphatic carbocycles. The van der Waals surface area contributed by atoms with E-state index in [1.807, 2.05) is 13.0 Å². The number of carbonyl (C=O) groups is 1. The van der Waals surface area contributed by atoms with Crippen LogP contribution in [0.4, 0.5) is 5.69 Å². The smallest absolute Gasteiger partial charge is 0.341 e. The molecule has 0 fully saturated rings. The summed E-state index contributed by atoms with van der Waals surface area (Å²) in [5, 5.41) is 1.07. The first-order chi connectivity index (χ1) is 20.5. The van der Waals surface area contributed by atoms with Crippen molar-refractivity contribution in [2.75, 3.05) is 24.6 Å². The molecular formula is C36H45N3O3. The summed E-state index contributed by atoms with van der Waals surface area (Å²) in [6.45, 7) is 13.9. The summed E-state index contributed by atoms with van der Waals surface area (Å²) in [5.41, 5.74) is 4.97. The Kier molecular flexibility index (Phi) is 9.20. The molecule has 0 saturated carbocycles. The molecule has 2 aromatic carbocycles. The van der Waals surface area contributed by atoms with Gasteiger partial charge in [0.1, 0.15) is 11.4 Å². The van der Waals surface area contributed by atoms with Crippen LogP contribution in [0.1, 0.15) is 99.1 Å². The van der Waals surface area contributed by atoms with Gasteiger partial charge in [-0.15, -0.1) is 0 Å². The highest BCUT2D eigenvalue weighted by molar-refractivity contribution is 5.98. The number of benzene rings is 2. The van der Waals surface area contributed by atoms with E-state index in [4.69, 9.17) is 14.5 Å². The van der Waals surface area contributed by atoms with E-state index in [0.717, 1.165) is 59.5 Å². The molecule has 0 amide bonds. The molecule has 0 saturated heterocycles. The topological polar surface area (TPSA) is 56.6 Å². The van der Waals surface area contributed by atoms with Gasteiger partial charge >= 0.3 is 5.97 Å². The number of esters is 1. The molecule has 1 aliphatic rings. The third kappa shape index (κ3) is 5.16. The van der Waals surface area contributed by atoms with Crippen molar-refractivity contribution in [1.82, 2.24) is 9.55 Å². The van der Waals surface area contributed by atoms with Crippen molar-refractivity contribution < 1.29 is 14.3 Å². The molecule has 222 valence electrons. The van der Waals surface area contributed by atoms with Gasteiger partial charge in [-0.3, -0.25) is 4.98 Å². The molecule has 0 unspecified atom stereocenters. The molecule has 0 radical (unpaired) electrons. The fourth-order valence-corrected chi connectivity index (χ4v) is 6.66. The number of rotatable bonds is 14. The number of carbonyl (C=O) groups excluding carboxylic acids is 1. The standard InChI is InChI=1S/C36H45N3O3/c1-6-10-11-12-13-16-24-39-26(5)33(28-18-14-15-20-31(28)39)36(34-29(35(40)42-36)19-17-23-37-34)30-22-21-27(38(7-2)8-3)25-32(30)41-9-4/h14-15,17-23,25H,6-13,16,24H2,1-5H3/t36-/m0/s1. The van der Waals surface area contributed by atoms with Gasteiger partial charge in [0, 0.05) is 65.3 Å². The molecular weight excluding hydrogens is 522 g/mol. The second-order valence-corrected chi connectivity index (χ2v) is 11.2. The van der Waals surface area contributed by atoms with Gasteiger partial charge in [0.25, 0.3) is 0 Å². The van der Waals surface area contributed by atoms with Gasteiger partial charge in [-0.1, -0.05) is 57.2 Å². The van der Waals surface area contributed by atoms with Gasteiger partial charge in [0.2, 0.25) is 5.60 Å². The molecule has 5 rings (SSSR count). The number of cyclic esters (lactones) is 1. The van der Waals surface area contributed by atoms with Gasteiger partial charge in [-0.05, 0) is 64.4 Å². The Morgan fingerprint density at radius 3 is 2.45 bits per heavy atom. The summed E-state index contributed by atoms with van der Waals surface area (Å²) >= 11 is 0. The predicted molar refractivity (Wildman–Crippen MR) is 171 cm³/mol. The lowest BCUT2D eigenvalue weighted by Gasteiger charge is -2.32. The van der Waals surface area contributed by atoms with Gasteiger partial charge in [-0.2, -0.15) is 0 Å². The van der Waals surface area contributed by atoms with Crippen LogP contribution in [0.2, 0.25) is 0 Å². The average molecular weight is 568 g/mol. The lowest BCUT2D eigenvalue weighted by Crippen LogP contribution is -2.32. The fourth-order valence-electron chi connectivity index (χ4n) is 6.66. The van der Waals surface area contributed by atoms with Gasteiger partial charge in [-0.25, -0.2) is 4.79 Å². The maximum atomic E-state index is 13.6. The normalized spacial score (nSPS) is 16.1. The van der Waals surface area contributed by atoms with Crippen LogP contribution < -0.4 is 9.64 Å². The summed E-state index contributed by atoms with van der Waals surface area (Å²) < 4.78 is 15.3. The second-order valence-electron chi connectivity index (χ2n) is 11.2. The number of aryl methyl sites for hydroxylation is 1. The quantitative estimate of drug-likeness (QED) is 0.113. The molecule has 6 heteroatoms. The average Bonchev–Trinajstić information content (AvgIpc) is 3.46. The monoisotopic (exact) mass is 567 g/mol. The number of anilines is 1. The number of hydrogen-bond acceptors (Lipinski definition) is 5. The number of aromatic nitrogens is 2. The van der Waals surface area contributed by atoms with Crippen molar-refractivity contribution in [1.29, 1.82) is 0 Å². The van der Waals surface area contributed by atoms with E-state index in [-0.39, 0.29) is 5.97 Å². The van der Waals surface area contributed by atoms with Crippen LogP contribution in [-0.2, 0) is 16.9 Å². The first kappa shape index (κ1) is 29.7. The molecule has 0 spiro atoms. The van der Waals surface area contributed by atoms with E-state index in [9.17, 15) is 4.79 Å². The zero-order valence-corrected chi connectivity index (χ0v) is 25.9. The molecule has 42 heavy (non-hydrogen) atoms. The van der Waals surface area contributed by atoms with Crippen LogP contribution >= 0.6 is 0 Å². The number of unbranched alkanes of at least 4 members (excludes halogenated alkanes) is 5. The van der Waals surface area contributed by atoms with Crippen LogP contribution in [0.3, 0.4) is 0 Å². The highest BCUT2D eigenvalue weighted by Gasteiger charge is 2.54. The highest BCUT2D eigenvalue weighted by atomic mass is 16.6. The van der Waals surface area contributed by atoms with Crippen LogP contribution in [0, 0.1) is 6.92 Å². The van der Waals surface area contributed by atoms with E-state index in [0.29, 0.717) is 23.6 Å². The molecule has 3 heterocycles. The number of nitrogens with zero attached hydrogens (tertiary/aromatic N) is 3. The van der Waals surface area contributed by atoms with Crippen molar-refractivity contribution in [3.05, 3.63) is 88.9 Å². The van der Waals surface area contributed by atoms with Gasteiger partial charge in [0.15, 0.2) is 0 Å². The van der Waals surface area contributed by atoms with Crippen LogP contribution in [0.5, 0.6) is 5.75 Å². The van der Waals surface area contributed by atoms with Crippen LogP contribution in [0.25, 0.3) is 10.9 Å². The molecule has 6 nitrogen and oxygen atoms in total. The minimum atomic E-state index is -1.24. The summed E-state index contributed by atoms with van der Waals surface area (Å²) in [4.78, 5) is 20.7. The van der Waals surface area contributed by atoms with E-state index in [1.165, 1.54) is 32.1 Å². The number of pyridine rings is 1. The maximum absolute atomic E-state index is 13.6. The largest absolute Gasteiger partial charge is 0.493 e. The van der Waals surface area contributed by atoms with Crippen molar-refractivity contribution in [2.45, 2.75) is 85.3 Å². The molecule has 4 aromatic rings. The minimum Gasteiger partial charge on any atom is -0.493 e. The lowest BCUT2D eigenvalue weighted by atomic mass is 9.80. The first-order valence-corrected chi connectivity index (χ1v) is 15.8. The van der Waals surface area contributed by atoms with E-state index in [1.54, 1.807) is 12.3 Å². The Hall–Kier alpha value is -3.80. The van der Waals surface area contributed by atoms with Gasteiger partial charge < -0.3 is 18.9 Å². The third-order valence-electron chi connectivity index (χ3n) is 8.70. The number of para-hydroxylation sites is 1. The van der Waals surface area contributed by atoms with E-state index < -0.39 is 5.60 Å². The number of ether oxygens (including phenoxy) is 2. The summed E-state index contributed by atoms with van der Waals surface area (Å²) in [5.74, 6) is 0.348. The summed E-state index contributed by atoms with van der Waals surface area (Å²) in [7, 11) is 0. The Morgan fingerprint density at radius 2 is 1.69 bits per heavy atom. The van der Waals surface area contributed by atoms with E-state index in [2.05, 4.69) is 79.6 Å². The zero-order chi connectivity index (χ0) is 29.7. The Balaban J connectivity index is 1.73. The Morgan fingerprint density at radius 1 is 0.929 bits per heavy atom. The summed E-state index contributed by atoms with van der Waals surface area (Å²) in [6, 6.07) is 18.4. The molecule has 1 aliphatic heterocycles. The molecule has 0 N–H and O–H groups in total. The Labute approximate surface area is 250 Å². The fraction of sp³-hybridized carbons (Fsp3) is 0.444. The molecule has 2 aromatic heterocycles. The lowest BCUT2D eigenvalue weighted by molar-refractivity contribution is 0.0238. The zero-order valence-electron chi connectivity index (χ0n) is 25.9. The van der Waals surface area contributed by atoms with Gasteiger partial charge in [0.05, 0.1) is 12.2 Å². The highest BCUT2D eigenvalue weighted by Crippen LogP contribution is 2.53. The van der Waals surface area contributed by atoms with Crippen LogP contribution in [0.15, 0.2) is 60.8 Å². The summed E-state index contributed by atoms with van der Waals surface area (Å²) in [6.07, 6.45) is 9.16. The van der Waals surface area contributed by atoms with Crippen molar-refractivity contribution >= 4 is 22.6 Å². The van der Waals surface area contributed by atoms with E-state index >= 15 is 0 Å². The molecule has 1 atom stereocenters. The van der Waals surface area contributed by atoms with Crippen molar-refractivity contribution in [2.24, 2.45) is 0 Å². The first-order valence-electron chi connectivity index (χ1n) is 15.8. The number of hydrogen-bond donors (Lipinski definition) is 0. The number of fused-ring (bicyclic) bond motifs is 2. The van der Waals surface area contributed by atoms with Crippen molar-refractivity contribution in [3.63, 3.8) is 0 Å². The van der Waals surface area contributed by atoms with Crippen LogP contribution in [-0.4, -0.2) is 35.2 Å². The predicted octanol–water partition coefficient (Wildman–Crippen LogP) is 8.41.